The largest absolute Gasteiger partial charge is 0.423 e. The summed E-state index contributed by atoms with van der Waals surface area (Å²) in [5.41, 5.74) is 2.75. The van der Waals surface area contributed by atoms with Crippen molar-refractivity contribution in [3.63, 3.8) is 0 Å². The predicted molar refractivity (Wildman–Crippen MR) is 123 cm³/mol. The molecule has 2 aromatic carbocycles. The number of hydrogen-bond donors (Lipinski definition) is 2. The lowest BCUT2D eigenvalue weighted by atomic mass is 10.0. The van der Waals surface area contributed by atoms with Crippen LogP contribution in [-0.4, -0.2) is 48.7 Å². The summed E-state index contributed by atoms with van der Waals surface area (Å²) in [5, 5.41) is 6.73. The minimum atomic E-state index is -0.245. The Morgan fingerprint density at radius 3 is 2.88 bits per heavy atom. The third-order valence-corrected chi connectivity index (χ3v) is 6.33. The molecule has 1 amide bonds. The van der Waals surface area contributed by atoms with Gasteiger partial charge in [-0.1, -0.05) is 42.5 Å². The van der Waals surface area contributed by atoms with Crippen LogP contribution in [-0.2, 0) is 16.1 Å². The van der Waals surface area contributed by atoms with Gasteiger partial charge in [0.2, 0.25) is 5.91 Å². The van der Waals surface area contributed by atoms with Gasteiger partial charge in [0.25, 0.3) is 6.01 Å². The first-order chi connectivity index (χ1) is 15.8. The number of oxazole rings is 1. The summed E-state index contributed by atoms with van der Waals surface area (Å²) in [4.78, 5) is 19.8. The molecular formula is C25H30N4O3. The van der Waals surface area contributed by atoms with E-state index in [-0.39, 0.29) is 24.0 Å². The van der Waals surface area contributed by atoms with Crippen LogP contribution >= 0.6 is 0 Å². The van der Waals surface area contributed by atoms with Crippen molar-refractivity contribution >= 4 is 23.0 Å². The molecule has 2 aliphatic rings. The topological polar surface area (TPSA) is 79.6 Å². The lowest BCUT2D eigenvalue weighted by Crippen LogP contribution is -2.52. The van der Waals surface area contributed by atoms with Crippen molar-refractivity contribution in [2.45, 2.75) is 50.4 Å². The third-order valence-electron chi connectivity index (χ3n) is 6.33. The van der Waals surface area contributed by atoms with Crippen molar-refractivity contribution < 1.29 is 13.9 Å². The maximum absolute atomic E-state index is 13.2. The Morgan fingerprint density at radius 1 is 1.16 bits per heavy atom. The van der Waals surface area contributed by atoms with Gasteiger partial charge in [-0.25, -0.2) is 0 Å². The summed E-state index contributed by atoms with van der Waals surface area (Å²) in [6, 6.07) is 18.6. The van der Waals surface area contributed by atoms with E-state index in [1.807, 2.05) is 47.4 Å². The number of nitrogens with one attached hydrogen (secondary N) is 2. The van der Waals surface area contributed by atoms with Gasteiger partial charge in [-0.2, -0.15) is 4.98 Å². The van der Waals surface area contributed by atoms with Crippen molar-refractivity contribution in [1.82, 2.24) is 15.6 Å². The molecule has 2 saturated heterocycles. The lowest BCUT2D eigenvalue weighted by molar-refractivity contribution is -0.123. The van der Waals surface area contributed by atoms with E-state index in [1.165, 1.54) is 5.56 Å². The number of amides is 1. The molecule has 2 N–H and O–H groups in total. The number of fused-ring (bicyclic) bond motifs is 1. The number of benzene rings is 2. The Morgan fingerprint density at radius 2 is 2.00 bits per heavy atom. The molecule has 3 heterocycles. The first-order valence-electron chi connectivity index (χ1n) is 11.5. The highest BCUT2D eigenvalue weighted by Crippen LogP contribution is 2.28. The van der Waals surface area contributed by atoms with E-state index < -0.39 is 0 Å². The molecule has 2 fully saturated rings. The normalized spacial score (nSPS) is 23.5. The van der Waals surface area contributed by atoms with Crippen LogP contribution in [0.1, 0.15) is 31.2 Å². The van der Waals surface area contributed by atoms with Gasteiger partial charge in [-0.05, 0) is 43.4 Å². The van der Waals surface area contributed by atoms with Gasteiger partial charge in [0.1, 0.15) is 11.6 Å². The van der Waals surface area contributed by atoms with Gasteiger partial charge in [0.15, 0.2) is 5.58 Å². The van der Waals surface area contributed by atoms with Crippen LogP contribution in [0.5, 0.6) is 0 Å². The molecule has 3 atom stereocenters. The molecule has 1 aromatic heterocycles. The molecule has 0 bridgehead atoms. The summed E-state index contributed by atoms with van der Waals surface area (Å²) < 4.78 is 11.8. The van der Waals surface area contributed by atoms with Crippen LogP contribution in [0.15, 0.2) is 59.0 Å². The molecule has 0 aliphatic carbocycles. The Bertz CT molecular complexity index is 1000. The first-order valence-corrected chi connectivity index (χ1v) is 11.5. The van der Waals surface area contributed by atoms with E-state index in [4.69, 9.17) is 9.15 Å². The maximum atomic E-state index is 13.2. The second kappa shape index (κ2) is 9.71. The van der Waals surface area contributed by atoms with Crippen molar-refractivity contribution in [1.29, 1.82) is 0 Å². The van der Waals surface area contributed by atoms with Crippen LogP contribution in [0, 0.1) is 0 Å². The van der Waals surface area contributed by atoms with Gasteiger partial charge in [-0.3, -0.25) is 4.79 Å². The van der Waals surface area contributed by atoms with Crippen LogP contribution in [0.3, 0.4) is 0 Å². The lowest BCUT2D eigenvalue weighted by Gasteiger charge is -2.34. The van der Waals surface area contributed by atoms with Gasteiger partial charge in [0, 0.05) is 25.2 Å². The minimum absolute atomic E-state index is 0.0598. The number of anilines is 1. The Balaban J connectivity index is 1.15. The summed E-state index contributed by atoms with van der Waals surface area (Å²) in [5.74, 6) is 0.0598. The minimum Gasteiger partial charge on any atom is -0.423 e. The second-order valence-electron chi connectivity index (χ2n) is 8.72. The van der Waals surface area contributed by atoms with Crippen molar-refractivity contribution in [3.05, 3.63) is 60.2 Å². The Hall–Kier alpha value is -2.90. The maximum Gasteiger partial charge on any atom is 0.299 e. The van der Waals surface area contributed by atoms with Crippen LogP contribution in [0.25, 0.3) is 11.1 Å². The van der Waals surface area contributed by atoms with Crippen molar-refractivity contribution in [3.8, 4) is 0 Å². The zero-order chi connectivity index (χ0) is 21.8. The van der Waals surface area contributed by atoms with Crippen LogP contribution in [0.4, 0.5) is 6.01 Å². The Kier molecular flexibility index (Phi) is 6.36. The molecule has 0 radical (unpaired) electrons. The number of para-hydroxylation sites is 2. The number of carbonyl (C=O) groups is 1. The van der Waals surface area contributed by atoms with Gasteiger partial charge in [0.05, 0.1) is 13.2 Å². The molecule has 2 aliphatic heterocycles. The number of aromatic nitrogens is 1. The van der Waals surface area contributed by atoms with Crippen LogP contribution < -0.4 is 15.5 Å². The van der Waals surface area contributed by atoms with Crippen LogP contribution in [0.2, 0.25) is 0 Å². The fourth-order valence-electron chi connectivity index (χ4n) is 4.66. The standard InChI is InChI=1S/C25H30N4O3/c30-24(27-19-14-20(26-15-19)17-31-16-18-8-2-1-3-9-18)22-11-6-7-13-29(22)25-28-21-10-4-5-12-23(21)32-25/h1-5,8-10,12,19-20,22,26H,6-7,11,13-17H2,(H,27,30)/t19-,20+,22+/m1/s1. The molecule has 168 valence electrons. The third kappa shape index (κ3) is 4.79. The average molecular weight is 435 g/mol. The van der Waals surface area contributed by atoms with Gasteiger partial charge in [-0.15, -0.1) is 0 Å². The average Bonchev–Trinajstić information content (AvgIpc) is 3.46. The smallest absolute Gasteiger partial charge is 0.299 e. The SMILES string of the molecule is O=C(N[C@H]1CN[C@H](COCc2ccccc2)C1)[C@@H]1CCCCN1c1nc2ccccc2o1. The number of rotatable bonds is 7. The number of carbonyl (C=O) groups excluding carboxylic acids is 1. The highest BCUT2D eigenvalue weighted by atomic mass is 16.5. The summed E-state index contributed by atoms with van der Waals surface area (Å²) >= 11 is 0. The van der Waals surface area contributed by atoms with Crippen molar-refractivity contribution in [2.75, 3.05) is 24.6 Å². The zero-order valence-electron chi connectivity index (χ0n) is 18.2. The molecule has 0 unspecified atom stereocenters. The fourth-order valence-corrected chi connectivity index (χ4v) is 4.66. The fraction of sp³-hybridized carbons (Fsp3) is 0.440. The molecule has 5 rings (SSSR count). The van der Waals surface area contributed by atoms with E-state index in [9.17, 15) is 4.79 Å². The van der Waals surface area contributed by atoms with E-state index in [2.05, 4.69) is 27.8 Å². The highest BCUT2D eigenvalue weighted by molar-refractivity contribution is 5.85. The van der Waals surface area contributed by atoms with Gasteiger partial charge < -0.3 is 24.7 Å². The second-order valence-corrected chi connectivity index (χ2v) is 8.72. The number of nitrogens with zero attached hydrogens (tertiary/aromatic N) is 2. The monoisotopic (exact) mass is 434 g/mol. The predicted octanol–water partition coefficient (Wildman–Crippen LogP) is 3.25. The highest BCUT2D eigenvalue weighted by Gasteiger charge is 2.34. The molecular weight excluding hydrogens is 404 g/mol. The molecule has 0 saturated carbocycles. The molecule has 7 heteroatoms. The van der Waals surface area contributed by atoms with Crippen molar-refractivity contribution in [2.24, 2.45) is 0 Å². The Labute approximate surface area is 188 Å². The van der Waals surface area contributed by atoms with E-state index in [0.717, 1.165) is 49.9 Å². The summed E-state index contributed by atoms with van der Waals surface area (Å²) in [6.45, 7) is 2.79. The number of hydrogen-bond acceptors (Lipinski definition) is 6. The molecule has 0 spiro atoms. The summed E-state index contributed by atoms with van der Waals surface area (Å²) in [6.07, 6.45) is 3.76. The molecule has 3 aromatic rings. The van der Waals surface area contributed by atoms with E-state index in [0.29, 0.717) is 19.2 Å². The first kappa shape index (κ1) is 21.0. The molecule has 32 heavy (non-hydrogen) atoms. The molecule has 7 nitrogen and oxygen atoms in total. The number of piperidine rings is 1. The number of ether oxygens (including phenoxy) is 1. The quantitative estimate of drug-likeness (QED) is 0.594. The zero-order valence-corrected chi connectivity index (χ0v) is 18.2. The van der Waals surface area contributed by atoms with E-state index in [1.54, 1.807) is 0 Å². The van der Waals surface area contributed by atoms with E-state index >= 15 is 0 Å². The summed E-state index contributed by atoms with van der Waals surface area (Å²) in [7, 11) is 0. The van der Waals surface area contributed by atoms with Gasteiger partial charge >= 0.3 is 0 Å².